The summed E-state index contributed by atoms with van der Waals surface area (Å²) in [6, 6.07) is 0. The van der Waals surface area contributed by atoms with E-state index in [9.17, 15) is 19.2 Å². The van der Waals surface area contributed by atoms with Gasteiger partial charge in [-0.3, -0.25) is 39.6 Å². The molecular formula is C11H14N4O4. The fourth-order valence-corrected chi connectivity index (χ4v) is 2.81. The number of amides is 4. The number of rotatable bonds is 2. The van der Waals surface area contributed by atoms with Crippen LogP contribution in [0.4, 0.5) is 0 Å². The van der Waals surface area contributed by atoms with Crippen LogP contribution < -0.4 is 10.6 Å². The van der Waals surface area contributed by atoms with Crippen molar-refractivity contribution in [3.8, 4) is 0 Å². The molecule has 0 aromatic rings. The zero-order chi connectivity index (χ0) is 13.6. The van der Waals surface area contributed by atoms with Crippen molar-refractivity contribution in [1.82, 2.24) is 20.4 Å². The minimum Gasteiger partial charge on any atom is -0.294 e. The quantitative estimate of drug-likeness (QED) is 0.531. The number of piperazine rings is 2. The predicted molar refractivity (Wildman–Crippen MR) is 61.4 cm³/mol. The van der Waals surface area contributed by atoms with Crippen LogP contribution in [-0.2, 0) is 19.2 Å². The van der Waals surface area contributed by atoms with Crippen LogP contribution in [-0.4, -0.2) is 65.3 Å². The summed E-state index contributed by atoms with van der Waals surface area (Å²) >= 11 is 0. The van der Waals surface area contributed by atoms with Crippen molar-refractivity contribution in [1.29, 1.82) is 0 Å². The molecule has 2 saturated heterocycles. The molecule has 2 heterocycles. The van der Waals surface area contributed by atoms with Crippen LogP contribution in [0.2, 0.25) is 0 Å². The van der Waals surface area contributed by atoms with E-state index >= 15 is 0 Å². The Hall–Kier alpha value is -1.80. The Morgan fingerprint density at radius 3 is 1.26 bits per heavy atom. The van der Waals surface area contributed by atoms with Gasteiger partial charge in [-0.2, -0.15) is 0 Å². The summed E-state index contributed by atoms with van der Waals surface area (Å²) in [4.78, 5) is 49.3. The molecule has 102 valence electrons. The largest absolute Gasteiger partial charge is 0.294 e. The van der Waals surface area contributed by atoms with Gasteiger partial charge in [0, 0.05) is 0 Å². The van der Waals surface area contributed by atoms with Gasteiger partial charge in [0.25, 0.3) is 0 Å². The molecule has 4 amide bonds. The third-order valence-corrected chi connectivity index (χ3v) is 3.77. The van der Waals surface area contributed by atoms with Gasteiger partial charge in [-0.25, -0.2) is 0 Å². The molecule has 3 aliphatic rings. The number of hydrogen-bond donors (Lipinski definition) is 2. The van der Waals surface area contributed by atoms with Gasteiger partial charge in [0.1, 0.15) is 0 Å². The number of nitrogens with one attached hydrogen (secondary N) is 2. The van der Waals surface area contributed by atoms with Gasteiger partial charge in [-0.15, -0.1) is 0 Å². The maximum absolute atomic E-state index is 11.4. The lowest BCUT2D eigenvalue weighted by molar-refractivity contribution is -0.144. The van der Waals surface area contributed by atoms with Crippen molar-refractivity contribution < 1.29 is 19.2 Å². The van der Waals surface area contributed by atoms with E-state index in [0.29, 0.717) is 0 Å². The van der Waals surface area contributed by atoms with Crippen molar-refractivity contribution in [2.75, 3.05) is 26.2 Å². The van der Waals surface area contributed by atoms with Crippen molar-refractivity contribution in [2.24, 2.45) is 0 Å². The molecule has 0 spiro atoms. The Morgan fingerprint density at radius 2 is 1.00 bits per heavy atom. The molecule has 19 heavy (non-hydrogen) atoms. The Balaban J connectivity index is 1.79. The van der Waals surface area contributed by atoms with Crippen LogP contribution in [0.5, 0.6) is 0 Å². The van der Waals surface area contributed by atoms with Gasteiger partial charge in [0.05, 0.1) is 31.8 Å². The summed E-state index contributed by atoms with van der Waals surface area (Å²) in [5.41, 5.74) is -0.485. The van der Waals surface area contributed by atoms with Crippen LogP contribution in [0.1, 0.15) is 12.8 Å². The number of nitrogens with zero attached hydrogens (tertiary/aromatic N) is 2. The molecule has 3 rings (SSSR count). The molecule has 8 heteroatoms. The van der Waals surface area contributed by atoms with Gasteiger partial charge in [-0.05, 0) is 12.8 Å². The van der Waals surface area contributed by atoms with Crippen LogP contribution in [0, 0.1) is 0 Å². The lowest BCUT2D eigenvalue weighted by Gasteiger charge is -2.41. The zero-order valence-corrected chi connectivity index (χ0v) is 10.3. The highest BCUT2D eigenvalue weighted by Crippen LogP contribution is 2.45. The van der Waals surface area contributed by atoms with Gasteiger partial charge >= 0.3 is 0 Å². The maximum Gasteiger partial charge on any atom is 0.240 e. The monoisotopic (exact) mass is 266 g/mol. The lowest BCUT2D eigenvalue weighted by atomic mass is 10.2. The third-order valence-electron chi connectivity index (χ3n) is 3.77. The van der Waals surface area contributed by atoms with Crippen LogP contribution in [0.3, 0.4) is 0 Å². The molecule has 0 bridgehead atoms. The average molecular weight is 266 g/mol. The van der Waals surface area contributed by atoms with Gasteiger partial charge in [0.15, 0.2) is 0 Å². The Kier molecular flexibility index (Phi) is 2.64. The van der Waals surface area contributed by atoms with E-state index in [2.05, 4.69) is 10.6 Å². The van der Waals surface area contributed by atoms with Crippen LogP contribution in [0.15, 0.2) is 0 Å². The lowest BCUT2D eigenvalue weighted by Crippen LogP contribution is -2.64. The predicted octanol–water partition coefficient (Wildman–Crippen LogP) is -2.61. The maximum atomic E-state index is 11.4. The molecule has 8 nitrogen and oxygen atoms in total. The minimum atomic E-state index is -0.485. The highest BCUT2D eigenvalue weighted by Gasteiger charge is 2.55. The molecule has 1 aliphatic carbocycles. The standard InChI is InChI=1S/C11H14N4O4/c16-7-3-14(4-8(17)12-7)11(1-2-11)15-5-9(18)13-10(19)6-15/h1-6H2,(H,12,16,17)(H,13,18,19). The Labute approximate surface area is 109 Å². The van der Waals surface area contributed by atoms with E-state index in [-0.39, 0.29) is 49.8 Å². The SMILES string of the molecule is O=C1CN(C2(N3CC(=O)NC(=O)C3)CC2)CC(=O)N1. The van der Waals surface area contributed by atoms with Gasteiger partial charge in [0.2, 0.25) is 23.6 Å². The number of carbonyl (C=O) groups is 4. The fraction of sp³-hybridized carbons (Fsp3) is 0.636. The molecule has 1 saturated carbocycles. The second-order valence-electron chi connectivity index (χ2n) is 5.14. The van der Waals surface area contributed by atoms with Gasteiger partial charge in [-0.1, -0.05) is 0 Å². The first-order valence-corrected chi connectivity index (χ1v) is 6.15. The van der Waals surface area contributed by atoms with E-state index < -0.39 is 5.66 Å². The summed E-state index contributed by atoms with van der Waals surface area (Å²) in [7, 11) is 0. The van der Waals surface area contributed by atoms with E-state index in [4.69, 9.17) is 0 Å². The molecule has 2 N–H and O–H groups in total. The van der Waals surface area contributed by atoms with Gasteiger partial charge < -0.3 is 0 Å². The minimum absolute atomic E-state index is 0.123. The molecule has 2 aliphatic heterocycles. The molecular weight excluding hydrogens is 252 g/mol. The first-order valence-electron chi connectivity index (χ1n) is 6.15. The second-order valence-corrected chi connectivity index (χ2v) is 5.14. The van der Waals surface area contributed by atoms with Crippen molar-refractivity contribution in [3.63, 3.8) is 0 Å². The van der Waals surface area contributed by atoms with E-state index in [1.54, 1.807) is 9.80 Å². The summed E-state index contributed by atoms with van der Waals surface area (Å²) in [6.45, 7) is 0.492. The van der Waals surface area contributed by atoms with Crippen molar-refractivity contribution >= 4 is 23.6 Å². The van der Waals surface area contributed by atoms with Crippen molar-refractivity contribution in [2.45, 2.75) is 18.5 Å². The zero-order valence-electron chi connectivity index (χ0n) is 10.3. The topological polar surface area (TPSA) is 98.8 Å². The number of carbonyl (C=O) groups excluding carboxylic acids is 4. The molecule has 0 aromatic heterocycles. The smallest absolute Gasteiger partial charge is 0.240 e. The summed E-state index contributed by atoms with van der Waals surface area (Å²) in [5, 5.41) is 4.49. The highest BCUT2D eigenvalue weighted by atomic mass is 16.2. The Bertz CT molecular complexity index is 413. The molecule has 3 fully saturated rings. The summed E-state index contributed by atoms with van der Waals surface area (Å²) in [5.74, 6) is -1.35. The fourth-order valence-electron chi connectivity index (χ4n) is 2.81. The van der Waals surface area contributed by atoms with Crippen LogP contribution >= 0.6 is 0 Å². The molecule has 0 aromatic carbocycles. The first-order chi connectivity index (χ1) is 8.99. The average Bonchev–Trinajstić information content (AvgIpc) is 3.07. The first kappa shape index (κ1) is 12.2. The second kappa shape index (κ2) is 4.10. The molecule has 0 atom stereocenters. The highest BCUT2D eigenvalue weighted by molar-refractivity contribution is 6.00. The van der Waals surface area contributed by atoms with E-state index in [1.807, 2.05) is 0 Å². The number of hydrogen-bond acceptors (Lipinski definition) is 6. The summed E-state index contributed by atoms with van der Waals surface area (Å²) in [6.07, 6.45) is 1.52. The van der Waals surface area contributed by atoms with Crippen LogP contribution in [0.25, 0.3) is 0 Å². The van der Waals surface area contributed by atoms with E-state index in [1.165, 1.54) is 0 Å². The third kappa shape index (κ3) is 2.13. The Morgan fingerprint density at radius 1 is 0.684 bits per heavy atom. The molecule has 0 radical (unpaired) electrons. The molecule has 0 unspecified atom stereocenters. The summed E-state index contributed by atoms with van der Waals surface area (Å²) < 4.78 is 0. The normalized spacial score (nSPS) is 28.0. The van der Waals surface area contributed by atoms with Crippen molar-refractivity contribution in [3.05, 3.63) is 0 Å². The number of imide groups is 2. The van der Waals surface area contributed by atoms with E-state index in [0.717, 1.165) is 12.8 Å².